The van der Waals surface area contributed by atoms with Gasteiger partial charge in [-0.3, -0.25) is 4.79 Å². The van der Waals surface area contributed by atoms with Gasteiger partial charge in [-0.2, -0.15) is 0 Å². The molecular weight excluding hydrogens is 434 g/mol. The number of carbonyl (C=O) groups excluding carboxylic acids is 2. The highest BCUT2D eigenvalue weighted by molar-refractivity contribution is 7.13. The third kappa shape index (κ3) is 5.21. The van der Waals surface area contributed by atoms with Crippen LogP contribution in [-0.4, -0.2) is 40.1 Å². The highest BCUT2D eigenvalue weighted by Gasteiger charge is 2.28. The van der Waals surface area contributed by atoms with Crippen LogP contribution in [0.3, 0.4) is 0 Å². The van der Waals surface area contributed by atoms with E-state index in [0.29, 0.717) is 23.8 Å². The van der Waals surface area contributed by atoms with Gasteiger partial charge in [-0.15, -0.1) is 10.2 Å². The molecule has 1 aromatic heterocycles. The Hall–Kier alpha value is -2.97. The van der Waals surface area contributed by atoms with Crippen LogP contribution in [0.2, 0.25) is 5.02 Å². The Kier molecular flexibility index (Phi) is 6.48. The van der Waals surface area contributed by atoms with Gasteiger partial charge < -0.3 is 15.5 Å². The molecule has 3 amide bonds. The predicted octanol–water partition coefficient (Wildman–Crippen LogP) is 5.16. The molecule has 1 aliphatic heterocycles. The van der Waals surface area contributed by atoms with E-state index in [1.165, 1.54) is 11.3 Å². The van der Waals surface area contributed by atoms with Crippen molar-refractivity contribution >= 4 is 46.3 Å². The van der Waals surface area contributed by atoms with Gasteiger partial charge in [0.15, 0.2) is 0 Å². The summed E-state index contributed by atoms with van der Waals surface area (Å²) in [6, 6.07) is 14.5. The summed E-state index contributed by atoms with van der Waals surface area (Å²) in [5, 5.41) is 15.7. The van der Waals surface area contributed by atoms with Crippen LogP contribution in [0.1, 0.15) is 39.1 Å². The van der Waals surface area contributed by atoms with Crippen LogP contribution < -0.4 is 10.6 Å². The second-order valence-corrected chi connectivity index (χ2v) is 8.89. The summed E-state index contributed by atoms with van der Waals surface area (Å²) in [5.41, 5.74) is 2.43. The first-order chi connectivity index (χ1) is 15.0. The molecule has 1 unspecified atom stereocenters. The van der Waals surface area contributed by atoms with Crippen LogP contribution in [0.4, 0.5) is 16.2 Å². The first-order valence-corrected chi connectivity index (χ1v) is 11.2. The number of urea groups is 1. The van der Waals surface area contributed by atoms with E-state index in [1.54, 1.807) is 29.2 Å². The lowest BCUT2D eigenvalue weighted by atomic mass is 9.99. The Bertz CT molecular complexity index is 1100. The fraction of sp³-hybridized carbons (Fsp3) is 0.273. The normalized spacial score (nSPS) is 16.1. The molecule has 0 bridgehead atoms. The van der Waals surface area contributed by atoms with Gasteiger partial charge in [0, 0.05) is 35.4 Å². The van der Waals surface area contributed by atoms with Gasteiger partial charge in [0.1, 0.15) is 5.01 Å². The molecule has 1 atom stereocenters. The lowest BCUT2D eigenvalue weighted by Gasteiger charge is -2.31. The van der Waals surface area contributed by atoms with Gasteiger partial charge in [0.05, 0.1) is 0 Å². The Labute approximate surface area is 189 Å². The molecule has 31 heavy (non-hydrogen) atoms. The molecule has 0 spiro atoms. The third-order valence-electron chi connectivity index (χ3n) is 5.16. The lowest BCUT2D eigenvalue weighted by molar-refractivity contribution is 0.102. The first kappa shape index (κ1) is 21.3. The molecule has 0 aliphatic carbocycles. The minimum absolute atomic E-state index is 0.0570. The number of halogens is 1. The van der Waals surface area contributed by atoms with Crippen LogP contribution in [0.25, 0.3) is 0 Å². The van der Waals surface area contributed by atoms with E-state index in [0.717, 1.165) is 29.1 Å². The van der Waals surface area contributed by atoms with Gasteiger partial charge in [-0.25, -0.2) is 4.79 Å². The summed E-state index contributed by atoms with van der Waals surface area (Å²) in [7, 11) is 0. The van der Waals surface area contributed by atoms with Crippen molar-refractivity contribution in [1.29, 1.82) is 0 Å². The van der Waals surface area contributed by atoms with E-state index in [1.807, 2.05) is 31.2 Å². The highest BCUT2D eigenvalue weighted by atomic mass is 35.5. The van der Waals surface area contributed by atoms with Crippen molar-refractivity contribution in [3.63, 3.8) is 0 Å². The average Bonchev–Trinajstić information content (AvgIpc) is 3.26. The van der Waals surface area contributed by atoms with E-state index in [4.69, 9.17) is 11.6 Å². The predicted molar refractivity (Wildman–Crippen MR) is 123 cm³/mol. The molecule has 4 rings (SSSR count). The zero-order valence-electron chi connectivity index (χ0n) is 17.0. The summed E-state index contributed by atoms with van der Waals surface area (Å²) >= 11 is 7.23. The average molecular weight is 456 g/mol. The van der Waals surface area contributed by atoms with Gasteiger partial charge in [0.2, 0.25) is 5.01 Å². The summed E-state index contributed by atoms with van der Waals surface area (Å²) in [6.07, 6.45) is 1.77. The number of nitrogens with zero attached hydrogens (tertiary/aromatic N) is 3. The molecule has 2 heterocycles. The molecule has 1 aliphatic rings. The lowest BCUT2D eigenvalue weighted by Crippen LogP contribution is -2.41. The molecule has 160 valence electrons. The Morgan fingerprint density at radius 3 is 2.77 bits per heavy atom. The Morgan fingerprint density at radius 2 is 1.97 bits per heavy atom. The van der Waals surface area contributed by atoms with Crippen molar-refractivity contribution in [2.45, 2.75) is 25.7 Å². The van der Waals surface area contributed by atoms with Crippen molar-refractivity contribution in [3.05, 3.63) is 69.1 Å². The second-order valence-electron chi connectivity index (χ2n) is 7.44. The molecule has 1 fully saturated rings. The SMILES string of the molecule is Cc1ccccc1NC(=O)N1CCCC(c2nnc(C(=O)Nc3cccc(Cl)c3)s2)C1. The Balaban J connectivity index is 1.39. The van der Waals surface area contributed by atoms with Crippen molar-refractivity contribution in [2.24, 2.45) is 0 Å². The summed E-state index contributed by atoms with van der Waals surface area (Å²) in [5.74, 6) is -0.266. The van der Waals surface area contributed by atoms with E-state index in [-0.39, 0.29) is 22.9 Å². The van der Waals surface area contributed by atoms with E-state index in [2.05, 4.69) is 20.8 Å². The van der Waals surface area contributed by atoms with Crippen LogP contribution >= 0.6 is 22.9 Å². The van der Waals surface area contributed by atoms with Crippen LogP contribution in [-0.2, 0) is 0 Å². The smallest absolute Gasteiger partial charge is 0.321 e. The van der Waals surface area contributed by atoms with E-state index < -0.39 is 0 Å². The number of benzene rings is 2. The summed E-state index contributed by atoms with van der Waals surface area (Å²) in [4.78, 5) is 27.1. The van der Waals surface area contributed by atoms with Crippen molar-refractivity contribution in [2.75, 3.05) is 23.7 Å². The number of nitrogens with one attached hydrogen (secondary N) is 2. The van der Waals surface area contributed by atoms with E-state index >= 15 is 0 Å². The van der Waals surface area contributed by atoms with Crippen molar-refractivity contribution in [3.8, 4) is 0 Å². The second kappa shape index (κ2) is 9.45. The number of rotatable bonds is 4. The number of anilines is 2. The maximum absolute atomic E-state index is 12.7. The Morgan fingerprint density at radius 1 is 1.13 bits per heavy atom. The van der Waals surface area contributed by atoms with E-state index in [9.17, 15) is 9.59 Å². The molecule has 3 aromatic rings. The maximum atomic E-state index is 12.7. The van der Waals surface area contributed by atoms with Crippen molar-refractivity contribution < 1.29 is 9.59 Å². The molecule has 2 N–H and O–H groups in total. The van der Waals surface area contributed by atoms with Gasteiger partial charge in [0.25, 0.3) is 5.91 Å². The first-order valence-electron chi connectivity index (χ1n) is 10.0. The highest BCUT2D eigenvalue weighted by Crippen LogP contribution is 2.30. The quantitative estimate of drug-likeness (QED) is 0.568. The maximum Gasteiger partial charge on any atom is 0.321 e. The topological polar surface area (TPSA) is 87.2 Å². The van der Waals surface area contributed by atoms with Gasteiger partial charge >= 0.3 is 6.03 Å². The minimum atomic E-state index is -0.323. The number of amides is 3. The largest absolute Gasteiger partial charge is 0.324 e. The summed E-state index contributed by atoms with van der Waals surface area (Å²) < 4.78 is 0. The van der Waals surface area contributed by atoms with Crippen LogP contribution in [0.5, 0.6) is 0 Å². The number of aryl methyl sites for hydroxylation is 1. The summed E-state index contributed by atoms with van der Waals surface area (Å²) in [6.45, 7) is 3.20. The number of hydrogen-bond donors (Lipinski definition) is 2. The molecule has 2 aromatic carbocycles. The molecular formula is C22H22ClN5O2S. The fourth-order valence-electron chi connectivity index (χ4n) is 3.51. The fourth-order valence-corrected chi connectivity index (χ4v) is 4.57. The number of piperidine rings is 1. The van der Waals surface area contributed by atoms with Gasteiger partial charge in [-0.05, 0) is 49.6 Å². The minimum Gasteiger partial charge on any atom is -0.324 e. The van der Waals surface area contributed by atoms with Crippen LogP contribution in [0.15, 0.2) is 48.5 Å². The third-order valence-corrected chi connectivity index (χ3v) is 6.48. The molecule has 1 saturated heterocycles. The van der Waals surface area contributed by atoms with Crippen LogP contribution in [0, 0.1) is 6.92 Å². The molecule has 0 saturated carbocycles. The number of hydrogen-bond acceptors (Lipinski definition) is 5. The van der Waals surface area contributed by atoms with Crippen molar-refractivity contribution in [1.82, 2.24) is 15.1 Å². The monoisotopic (exact) mass is 455 g/mol. The zero-order chi connectivity index (χ0) is 21.8. The molecule has 9 heteroatoms. The van der Waals surface area contributed by atoms with Gasteiger partial charge in [-0.1, -0.05) is 47.2 Å². The number of carbonyl (C=O) groups is 2. The molecule has 7 nitrogen and oxygen atoms in total. The zero-order valence-corrected chi connectivity index (χ0v) is 18.5. The number of para-hydroxylation sites is 1. The standard InChI is InChI=1S/C22H22ClN5O2S/c1-14-6-2-3-10-18(14)25-22(30)28-11-5-7-15(13-28)20-26-27-21(31-20)19(29)24-17-9-4-8-16(23)12-17/h2-4,6,8-10,12,15H,5,7,11,13H2,1H3,(H,24,29)(H,25,30). The number of aromatic nitrogens is 2. The number of likely N-dealkylation sites (tertiary alicyclic amines) is 1. The molecule has 0 radical (unpaired) electrons.